The quantitative estimate of drug-likeness (QED) is 0.705. The van der Waals surface area contributed by atoms with Crippen LogP contribution in [0.3, 0.4) is 0 Å². The second-order valence-corrected chi connectivity index (χ2v) is 6.57. The summed E-state index contributed by atoms with van der Waals surface area (Å²) in [4.78, 5) is 20.0. The van der Waals surface area contributed by atoms with Crippen LogP contribution in [0.15, 0.2) is 30.5 Å². The molecule has 1 fully saturated rings. The van der Waals surface area contributed by atoms with E-state index in [0.717, 1.165) is 31.9 Å². The van der Waals surface area contributed by atoms with Gasteiger partial charge in [0.15, 0.2) is 11.6 Å². The summed E-state index contributed by atoms with van der Waals surface area (Å²) < 4.78 is 20.5. The largest absolute Gasteiger partial charge is 0.469 e. The van der Waals surface area contributed by atoms with Crippen LogP contribution in [-0.2, 0) is 9.53 Å². The van der Waals surface area contributed by atoms with Gasteiger partial charge in [-0.1, -0.05) is 17.3 Å². The van der Waals surface area contributed by atoms with E-state index in [0.29, 0.717) is 17.0 Å². The molecule has 1 aromatic carbocycles. The van der Waals surface area contributed by atoms with Gasteiger partial charge in [-0.3, -0.25) is 4.79 Å². The normalized spacial score (nSPS) is 19.8. The van der Waals surface area contributed by atoms with E-state index >= 15 is 0 Å². The molecule has 1 N–H and O–H groups in total. The molecular formula is C18H19FN6O2. The van der Waals surface area contributed by atoms with Gasteiger partial charge in [-0.05, 0) is 37.8 Å². The van der Waals surface area contributed by atoms with Crippen LogP contribution in [0.1, 0.15) is 25.7 Å². The van der Waals surface area contributed by atoms with Crippen molar-refractivity contribution in [2.45, 2.75) is 31.7 Å². The molecule has 1 aliphatic rings. The Balaban J connectivity index is 1.53. The second-order valence-electron chi connectivity index (χ2n) is 6.57. The highest BCUT2D eigenvalue weighted by Crippen LogP contribution is 2.27. The van der Waals surface area contributed by atoms with Gasteiger partial charge in [-0.15, -0.1) is 5.10 Å². The fourth-order valence-electron chi connectivity index (χ4n) is 3.42. The Morgan fingerprint density at radius 1 is 1.26 bits per heavy atom. The van der Waals surface area contributed by atoms with Crippen molar-refractivity contribution >= 4 is 23.0 Å². The lowest BCUT2D eigenvalue weighted by Crippen LogP contribution is -2.30. The first kappa shape index (κ1) is 17.3. The zero-order valence-corrected chi connectivity index (χ0v) is 14.8. The smallest absolute Gasteiger partial charge is 0.308 e. The number of ether oxygens (including phenoxy) is 1. The van der Waals surface area contributed by atoms with Gasteiger partial charge >= 0.3 is 5.97 Å². The predicted octanol–water partition coefficient (Wildman–Crippen LogP) is 2.49. The number of rotatable bonds is 4. The molecule has 1 saturated carbocycles. The number of anilines is 1. The standard InChI is InChI=1S/C18H19FN6O2/c1-27-17(26)11-6-8-12(9-7-11)21-18-20-10-13(19)16(22-18)25-15-5-3-2-4-14(15)23-24-25/h2-5,10-12H,6-9H2,1H3,(H,20,21,22)/t11-,12-. The third-order valence-corrected chi connectivity index (χ3v) is 4.87. The lowest BCUT2D eigenvalue weighted by atomic mass is 9.86. The van der Waals surface area contributed by atoms with E-state index in [-0.39, 0.29) is 23.7 Å². The molecular weight excluding hydrogens is 351 g/mol. The maximum absolute atomic E-state index is 14.3. The first-order valence-electron chi connectivity index (χ1n) is 8.83. The molecule has 27 heavy (non-hydrogen) atoms. The van der Waals surface area contributed by atoms with E-state index in [1.165, 1.54) is 11.8 Å². The maximum atomic E-state index is 14.3. The van der Waals surface area contributed by atoms with Crippen molar-refractivity contribution in [3.8, 4) is 5.82 Å². The summed E-state index contributed by atoms with van der Waals surface area (Å²) in [6, 6.07) is 7.40. The van der Waals surface area contributed by atoms with Crippen molar-refractivity contribution < 1.29 is 13.9 Å². The summed E-state index contributed by atoms with van der Waals surface area (Å²) in [7, 11) is 1.41. The molecule has 8 nitrogen and oxygen atoms in total. The van der Waals surface area contributed by atoms with Crippen LogP contribution in [0.5, 0.6) is 0 Å². The number of aromatic nitrogens is 5. The van der Waals surface area contributed by atoms with E-state index in [1.54, 1.807) is 12.1 Å². The topological polar surface area (TPSA) is 94.8 Å². The van der Waals surface area contributed by atoms with Crippen LogP contribution in [0.25, 0.3) is 16.9 Å². The van der Waals surface area contributed by atoms with Crippen LogP contribution in [0.2, 0.25) is 0 Å². The SMILES string of the molecule is COC(=O)[C@H]1CC[C@H](Nc2ncc(F)c(-n3nnc4ccccc43)n2)CC1. The lowest BCUT2D eigenvalue weighted by Gasteiger charge is -2.27. The first-order chi connectivity index (χ1) is 13.2. The van der Waals surface area contributed by atoms with E-state index in [1.807, 2.05) is 12.1 Å². The molecule has 4 rings (SSSR count). The fraction of sp³-hybridized carbons (Fsp3) is 0.389. The molecule has 140 valence electrons. The third-order valence-electron chi connectivity index (χ3n) is 4.87. The van der Waals surface area contributed by atoms with Gasteiger partial charge < -0.3 is 10.1 Å². The number of hydrogen-bond donors (Lipinski definition) is 1. The second kappa shape index (κ2) is 7.26. The van der Waals surface area contributed by atoms with Crippen molar-refractivity contribution in [3.63, 3.8) is 0 Å². The number of nitrogens with zero attached hydrogens (tertiary/aromatic N) is 5. The highest BCUT2D eigenvalue weighted by atomic mass is 19.1. The van der Waals surface area contributed by atoms with Gasteiger partial charge in [0.25, 0.3) is 0 Å². The zero-order valence-electron chi connectivity index (χ0n) is 14.8. The average Bonchev–Trinajstić information content (AvgIpc) is 3.13. The number of carbonyl (C=O) groups is 1. The molecule has 3 aromatic rings. The van der Waals surface area contributed by atoms with E-state index in [2.05, 4.69) is 25.6 Å². The Morgan fingerprint density at radius 2 is 2.04 bits per heavy atom. The predicted molar refractivity (Wildman–Crippen MR) is 95.8 cm³/mol. The molecule has 2 heterocycles. The first-order valence-corrected chi connectivity index (χ1v) is 8.83. The van der Waals surface area contributed by atoms with E-state index in [9.17, 15) is 9.18 Å². The number of fused-ring (bicyclic) bond motifs is 1. The summed E-state index contributed by atoms with van der Waals surface area (Å²) in [6.07, 6.45) is 4.20. The summed E-state index contributed by atoms with van der Waals surface area (Å²) in [5.74, 6) is -0.423. The van der Waals surface area contributed by atoms with Crippen molar-refractivity contribution in [2.75, 3.05) is 12.4 Å². The van der Waals surface area contributed by atoms with Crippen LogP contribution in [-0.4, -0.2) is 44.1 Å². The summed E-state index contributed by atoms with van der Waals surface area (Å²) in [5.41, 5.74) is 1.32. The number of para-hydroxylation sites is 1. The molecule has 0 unspecified atom stereocenters. The molecule has 9 heteroatoms. The van der Waals surface area contributed by atoms with Gasteiger partial charge in [0, 0.05) is 6.04 Å². The molecule has 2 aromatic heterocycles. The third kappa shape index (κ3) is 3.44. The fourth-order valence-corrected chi connectivity index (χ4v) is 3.42. The molecule has 0 amide bonds. The van der Waals surface area contributed by atoms with Crippen molar-refractivity contribution in [1.29, 1.82) is 0 Å². The minimum Gasteiger partial charge on any atom is -0.469 e. The van der Waals surface area contributed by atoms with E-state index < -0.39 is 5.82 Å². The molecule has 0 spiro atoms. The average molecular weight is 370 g/mol. The summed E-state index contributed by atoms with van der Waals surface area (Å²) >= 11 is 0. The van der Waals surface area contributed by atoms with Crippen molar-refractivity contribution in [2.24, 2.45) is 5.92 Å². The highest BCUT2D eigenvalue weighted by molar-refractivity contribution is 5.75. The van der Waals surface area contributed by atoms with Gasteiger partial charge in [-0.2, -0.15) is 9.67 Å². The Labute approximate surface area is 154 Å². The number of methoxy groups -OCH3 is 1. The highest BCUT2D eigenvalue weighted by Gasteiger charge is 2.27. The Hall–Kier alpha value is -3.10. The van der Waals surface area contributed by atoms with Crippen LogP contribution in [0.4, 0.5) is 10.3 Å². The molecule has 0 atom stereocenters. The molecule has 1 aliphatic carbocycles. The van der Waals surface area contributed by atoms with Gasteiger partial charge in [0.1, 0.15) is 5.52 Å². The lowest BCUT2D eigenvalue weighted by molar-refractivity contribution is -0.146. The summed E-state index contributed by atoms with van der Waals surface area (Å²) in [5, 5.41) is 11.3. The van der Waals surface area contributed by atoms with Crippen LogP contribution in [0, 0.1) is 11.7 Å². The molecule has 0 saturated heterocycles. The van der Waals surface area contributed by atoms with Gasteiger partial charge in [0.2, 0.25) is 5.95 Å². The minimum absolute atomic E-state index is 0.0458. The Morgan fingerprint density at radius 3 is 2.81 bits per heavy atom. The number of carbonyl (C=O) groups excluding carboxylic acids is 1. The number of esters is 1. The number of benzene rings is 1. The maximum Gasteiger partial charge on any atom is 0.308 e. The van der Waals surface area contributed by atoms with Gasteiger partial charge in [0.05, 0.1) is 24.7 Å². The Bertz CT molecular complexity index is 967. The number of nitrogens with one attached hydrogen (secondary N) is 1. The van der Waals surface area contributed by atoms with Gasteiger partial charge in [-0.25, -0.2) is 9.37 Å². The summed E-state index contributed by atoms with van der Waals surface area (Å²) in [6.45, 7) is 0. The number of hydrogen-bond acceptors (Lipinski definition) is 7. The van der Waals surface area contributed by atoms with Crippen molar-refractivity contribution in [1.82, 2.24) is 25.0 Å². The Kier molecular flexibility index (Phi) is 4.66. The molecule has 0 aliphatic heterocycles. The van der Waals surface area contributed by atoms with Crippen LogP contribution < -0.4 is 5.32 Å². The minimum atomic E-state index is -0.578. The zero-order chi connectivity index (χ0) is 18.8. The van der Waals surface area contributed by atoms with Crippen LogP contribution >= 0.6 is 0 Å². The molecule has 0 radical (unpaired) electrons. The molecule has 0 bridgehead atoms. The van der Waals surface area contributed by atoms with Crippen molar-refractivity contribution in [3.05, 3.63) is 36.3 Å². The van der Waals surface area contributed by atoms with E-state index in [4.69, 9.17) is 4.74 Å². The monoisotopic (exact) mass is 370 g/mol. The number of halogens is 1.